The Morgan fingerprint density at radius 1 is 1.06 bits per heavy atom. The first-order valence-corrected chi connectivity index (χ1v) is 11.5. The molecule has 0 unspecified atom stereocenters. The highest BCUT2D eigenvalue weighted by Crippen LogP contribution is 2.27. The molecule has 0 saturated carbocycles. The van der Waals surface area contributed by atoms with E-state index in [2.05, 4.69) is 19.9 Å². The average molecular weight is 490 g/mol. The van der Waals surface area contributed by atoms with Gasteiger partial charge >= 0.3 is 0 Å². The maximum atomic E-state index is 14.7. The molecule has 8 nitrogen and oxygen atoms in total. The molecule has 9 heteroatoms. The molecule has 1 N–H and O–H groups in total. The van der Waals surface area contributed by atoms with Gasteiger partial charge in [0.05, 0.1) is 23.1 Å². The van der Waals surface area contributed by atoms with Gasteiger partial charge < -0.3 is 9.84 Å². The summed E-state index contributed by atoms with van der Waals surface area (Å²) in [5.74, 6) is 0.113. The predicted molar refractivity (Wildman–Crippen MR) is 134 cm³/mol. The van der Waals surface area contributed by atoms with Gasteiger partial charge in [0.2, 0.25) is 5.88 Å². The average Bonchev–Trinajstić information content (AvgIpc) is 2.81. The summed E-state index contributed by atoms with van der Waals surface area (Å²) >= 11 is 0. The third-order valence-corrected chi connectivity index (χ3v) is 5.75. The van der Waals surface area contributed by atoms with Crippen LogP contribution in [0.4, 0.5) is 4.39 Å². The van der Waals surface area contributed by atoms with Crippen molar-refractivity contribution < 1.29 is 14.2 Å². The van der Waals surface area contributed by atoms with Crippen LogP contribution in [0, 0.1) is 33.5 Å². The fourth-order valence-corrected chi connectivity index (χ4v) is 3.80. The molecule has 0 fully saturated rings. The molecule has 0 aliphatic heterocycles. The number of hydrogen-bond donors (Lipinski definition) is 1. The van der Waals surface area contributed by atoms with Gasteiger partial charge in [0.25, 0.3) is 5.56 Å². The van der Waals surface area contributed by atoms with E-state index in [0.29, 0.717) is 22.6 Å². The number of aromatic nitrogens is 5. The van der Waals surface area contributed by atoms with Crippen molar-refractivity contribution in [3.63, 3.8) is 0 Å². The Hall–Kier alpha value is -3.98. The second-order valence-electron chi connectivity index (χ2n) is 9.24. The Balaban J connectivity index is 1.75. The van der Waals surface area contributed by atoms with Gasteiger partial charge in [0.1, 0.15) is 23.7 Å². The van der Waals surface area contributed by atoms with Crippen LogP contribution in [0.25, 0.3) is 16.9 Å². The number of aliphatic hydroxyl groups is 1. The predicted octanol–water partition coefficient (Wildman–Crippen LogP) is 4.26. The molecule has 0 amide bonds. The maximum absolute atomic E-state index is 14.7. The summed E-state index contributed by atoms with van der Waals surface area (Å²) < 4.78 is 22.0. The van der Waals surface area contributed by atoms with Crippen molar-refractivity contribution >= 4 is 0 Å². The van der Waals surface area contributed by atoms with Crippen molar-refractivity contribution in [3.8, 4) is 22.8 Å². The van der Waals surface area contributed by atoms with Gasteiger partial charge in [-0.3, -0.25) is 14.3 Å². The lowest BCUT2D eigenvalue weighted by Crippen LogP contribution is -2.26. The van der Waals surface area contributed by atoms with E-state index < -0.39 is 11.4 Å². The van der Waals surface area contributed by atoms with Crippen LogP contribution in [0.3, 0.4) is 0 Å². The van der Waals surface area contributed by atoms with E-state index >= 15 is 0 Å². The lowest BCUT2D eigenvalue weighted by Gasteiger charge is -2.18. The summed E-state index contributed by atoms with van der Waals surface area (Å²) in [6.07, 6.45) is 1.04. The molecule has 1 aromatic carbocycles. The molecule has 4 rings (SSSR count). The monoisotopic (exact) mass is 489 g/mol. The molecule has 4 aromatic rings. The van der Waals surface area contributed by atoms with Gasteiger partial charge in [-0.2, -0.15) is 4.98 Å². The van der Waals surface area contributed by atoms with Crippen LogP contribution < -0.4 is 10.3 Å². The van der Waals surface area contributed by atoms with Crippen LogP contribution in [-0.4, -0.2) is 29.6 Å². The highest BCUT2D eigenvalue weighted by Gasteiger charge is 2.23. The van der Waals surface area contributed by atoms with Crippen molar-refractivity contribution in [1.82, 2.24) is 24.5 Å². The van der Waals surface area contributed by atoms with E-state index in [4.69, 9.17) is 4.74 Å². The molecule has 3 heterocycles. The van der Waals surface area contributed by atoms with Gasteiger partial charge in [-0.15, -0.1) is 0 Å². The second kappa shape index (κ2) is 9.58. The number of nitrogens with zero attached hydrogens (tertiary/aromatic N) is 5. The quantitative estimate of drug-likeness (QED) is 0.432. The summed E-state index contributed by atoms with van der Waals surface area (Å²) in [6.45, 7) is 10.4. The minimum Gasteiger partial charge on any atom is -0.471 e. The third kappa shape index (κ3) is 5.01. The number of hydrogen-bond acceptors (Lipinski definition) is 7. The Morgan fingerprint density at radius 2 is 1.81 bits per heavy atom. The largest absolute Gasteiger partial charge is 0.471 e. The minimum atomic E-state index is -1.34. The lowest BCUT2D eigenvalue weighted by molar-refractivity contribution is 0.0686. The van der Waals surface area contributed by atoms with E-state index in [1.165, 1.54) is 18.4 Å². The van der Waals surface area contributed by atoms with Crippen LogP contribution in [0.15, 0.2) is 47.4 Å². The fourth-order valence-electron chi connectivity index (χ4n) is 3.80. The topological polar surface area (TPSA) is 103 Å². The Labute approximate surface area is 208 Å². The molecule has 0 saturated heterocycles. The van der Waals surface area contributed by atoms with E-state index in [1.807, 2.05) is 32.0 Å². The van der Waals surface area contributed by atoms with E-state index in [1.54, 1.807) is 32.0 Å². The molecule has 0 aliphatic rings. The van der Waals surface area contributed by atoms with Crippen LogP contribution in [-0.2, 0) is 12.2 Å². The van der Waals surface area contributed by atoms with Crippen molar-refractivity contribution in [2.24, 2.45) is 0 Å². The summed E-state index contributed by atoms with van der Waals surface area (Å²) in [6, 6.07) is 10.8. The summed E-state index contributed by atoms with van der Waals surface area (Å²) in [5.41, 5.74) is 2.12. The standard InChI is InChI=1S/C27H28FN5O3/c1-15-10-11-19(23-21(28)13-29-26(32-23)27(5,6)35)12-22(15)33-18(4)31-24(17(3)25(33)34)36-14-20-9-7-8-16(2)30-20/h7-13,35H,14H2,1-6H3. The zero-order chi connectivity index (χ0) is 26.2. The van der Waals surface area contributed by atoms with E-state index in [0.717, 1.165) is 23.1 Å². The number of halogens is 1. The zero-order valence-corrected chi connectivity index (χ0v) is 21.1. The first-order chi connectivity index (χ1) is 17.0. The highest BCUT2D eigenvalue weighted by atomic mass is 19.1. The number of pyridine rings is 1. The molecule has 0 spiro atoms. The summed E-state index contributed by atoms with van der Waals surface area (Å²) in [5, 5.41) is 10.3. The fraction of sp³-hybridized carbons (Fsp3) is 0.296. The normalized spacial score (nSPS) is 11.6. The van der Waals surface area contributed by atoms with Gasteiger partial charge in [-0.1, -0.05) is 18.2 Å². The van der Waals surface area contributed by atoms with Crippen LogP contribution in [0.1, 0.15) is 48.0 Å². The van der Waals surface area contributed by atoms with Crippen LogP contribution in [0.2, 0.25) is 0 Å². The second-order valence-corrected chi connectivity index (χ2v) is 9.24. The number of rotatable bonds is 6. The molecular weight excluding hydrogens is 461 g/mol. The summed E-state index contributed by atoms with van der Waals surface area (Å²) in [7, 11) is 0. The van der Waals surface area contributed by atoms with Gasteiger partial charge in [0, 0.05) is 11.3 Å². The molecule has 0 bridgehead atoms. The van der Waals surface area contributed by atoms with E-state index in [9.17, 15) is 14.3 Å². The Morgan fingerprint density at radius 3 is 2.50 bits per heavy atom. The molecular formula is C27H28FN5O3. The van der Waals surface area contributed by atoms with Crippen molar-refractivity contribution in [2.45, 2.75) is 53.8 Å². The third-order valence-electron chi connectivity index (χ3n) is 5.75. The van der Waals surface area contributed by atoms with Crippen LogP contribution >= 0.6 is 0 Å². The van der Waals surface area contributed by atoms with Gasteiger partial charge in [-0.25, -0.2) is 14.4 Å². The van der Waals surface area contributed by atoms with Crippen molar-refractivity contribution in [1.29, 1.82) is 0 Å². The Kier molecular flexibility index (Phi) is 6.69. The molecule has 36 heavy (non-hydrogen) atoms. The lowest BCUT2D eigenvalue weighted by atomic mass is 10.0. The number of ether oxygens (including phenoxy) is 1. The first-order valence-electron chi connectivity index (χ1n) is 11.5. The highest BCUT2D eigenvalue weighted by molar-refractivity contribution is 5.64. The molecule has 3 aromatic heterocycles. The van der Waals surface area contributed by atoms with Crippen molar-refractivity contribution in [3.05, 3.63) is 92.9 Å². The molecule has 186 valence electrons. The minimum absolute atomic E-state index is 0.0318. The number of aryl methyl sites for hydroxylation is 3. The maximum Gasteiger partial charge on any atom is 0.264 e. The van der Waals surface area contributed by atoms with Crippen molar-refractivity contribution in [2.75, 3.05) is 0 Å². The number of benzene rings is 1. The van der Waals surface area contributed by atoms with E-state index in [-0.39, 0.29) is 29.6 Å². The van der Waals surface area contributed by atoms with Gasteiger partial charge in [0.15, 0.2) is 11.6 Å². The molecule has 0 atom stereocenters. The molecule has 0 radical (unpaired) electrons. The SMILES string of the molecule is Cc1cccc(COc2nc(C)n(-c3cc(-c4nc(C(C)(C)O)ncc4F)ccc3C)c(=O)c2C)n1. The summed E-state index contributed by atoms with van der Waals surface area (Å²) in [4.78, 5) is 30.5. The van der Waals surface area contributed by atoms with Gasteiger partial charge in [-0.05, 0) is 65.3 Å². The first kappa shape index (κ1) is 25.1. The smallest absolute Gasteiger partial charge is 0.264 e. The Bertz CT molecular complexity index is 1510. The molecule has 0 aliphatic carbocycles. The van der Waals surface area contributed by atoms with Crippen LogP contribution in [0.5, 0.6) is 5.88 Å². The zero-order valence-electron chi connectivity index (χ0n) is 21.1.